The van der Waals surface area contributed by atoms with Crippen LogP contribution < -0.4 is 10.5 Å². The highest BCUT2D eigenvalue weighted by molar-refractivity contribution is 5.85. The molecule has 2 aromatic carbocycles. The van der Waals surface area contributed by atoms with Crippen molar-refractivity contribution in [2.75, 3.05) is 47.4 Å². The van der Waals surface area contributed by atoms with E-state index in [0.29, 0.717) is 0 Å². The van der Waals surface area contributed by atoms with Gasteiger partial charge in [-0.25, -0.2) is 0 Å². The van der Waals surface area contributed by atoms with Crippen molar-refractivity contribution in [3.05, 3.63) is 65.7 Å². The van der Waals surface area contributed by atoms with E-state index in [1.165, 1.54) is 5.56 Å². The maximum atomic E-state index is 11.5. The highest BCUT2D eigenvalue weighted by Gasteiger charge is 2.42. The van der Waals surface area contributed by atoms with Gasteiger partial charge in [-0.05, 0) is 50.2 Å². The Hall–Kier alpha value is -2.12. The van der Waals surface area contributed by atoms with Crippen LogP contribution in [-0.4, -0.2) is 68.7 Å². The molecule has 3 rings (SSSR count). The molecule has 1 aliphatic heterocycles. The molecular weight excluding hydrogens is 414 g/mol. The molecule has 3 N–H and O–H groups in total. The molecule has 0 radical (unpaired) electrons. The number of nitrogens with zero attached hydrogens (tertiary/aromatic N) is 2. The summed E-state index contributed by atoms with van der Waals surface area (Å²) in [5.74, 6) is 1.09. The third-order valence-corrected chi connectivity index (χ3v) is 5.70. The SMILES string of the molecule is COc1ccc(CCN2CCC(O)(c3ccccc3)C(CN(C)C)C2)cc1.Cl.NC=O. The zero-order chi connectivity index (χ0) is 22.0. The molecule has 1 fully saturated rings. The van der Waals surface area contributed by atoms with Crippen LogP contribution in [0.15, 0.2) is 54.6 Å². The Morgan fingerprint density at radius 1 is 1.19 bits per heavy atom. The Balaban J connectivity index is 0.00000113. The maximum Gasteiger partial charge on any atom is 0.204 e. The highest BCUT2D eigenvalue weighted by Crippen LogP contribution is 2.37. The van der Waals surface area contributed by atoms with Crippen molar-refractivity contribution in [3.63, 3.8) is 0 Å². The number of halogens is 1. The van der Waals surface area contributed by atoms with Crippen LogP contribution in [-0.2, 0) is 16.8 Å². The van der Waals surface area contributed by atoms with Crippen molar-refractivity contribution >= 4 is 18.8 Å². The normalized spacial score (nSPS) is 20.9. The quantitative estimate of drug-likeness (QED) is 0.635. The van der Waals surface area contributed by atoms with Crippen molar-refractivity contribution in [2.24, 2.45) is 11.7 Å². The van der Waals surface area contributed by atoms with Crippen LogP contribution in [0.4, 0.5) is 0 Å². The molecule has 172 valence electrons. The van der Waals surface area contributed by atoms with Gasteiger partial charge in [0.1, 0.15) is 5.75 Å². The largest absolute Gasteiger partial charge is 0.497 e. The fourth-order valence-corrected chi connectivity index (χ4v) is 4.13. The predicted molar refractivity (Wildman–Crippen MR) is 128 cm³/mol. The Bertz CT molecular complexity index is 758. The second-order valence-electron chi connectivity index (χ2n) is 8.03. The lowest BCUT2D eigenvalue weighted by molar-refractivity contribution is -0.106. The fourth-order valence-electron chi connectivity index (χ4n) is 4.13. The Kier molecular flexibility index (Phi) is 11.6. The smallest absolute Gasteiger partial charge is 0.204 e. The Labute approximate surface area is 192 Å². The molecular formula is C24H36ClN3O3. The van der Waals surface area contributed by atoms with Gasteiger partial charge in [0, 0.05) is 32.1 Å². The third kappa shape index (κ3) is 7.82. The number of carbonyl (C=O) groups is 1. The molecule has 1 amide bonds. The van der Waals surface area contributed by atoms with Crippen LogP contribution in [0.1, 0.15) is 17.5 Å². The average Bonchev–Trinajstić information content (AvgIpc) is 2.75. The lowest BCUT2D eigenvalue weighted by Gasteiger charge is -2.46. The van der Waals surface area contributed by atoms with Crippen molar-refractivity contribution in [3.8, 4) is 5.75 Å². The summed E-state index contributed by atoms with van der Waals surface area (Å²) < 4.78 is 5.24. The lowest BCUT2D eigenvalue weighted by Crippen LogP contribution is -2.53. The van der Waals surface area contributed by atoms with E-state index in [2.05, 4.69) is 53.9 Å². The van der Waals surface area contributed by atoms with Gasteiger partial charge in [0.05, 0.1) is 12.7 Å². The summed E-state index contributed by atoms with van der Waals surface area (Å²) in [6, 6.07) is 18.5. The topological polar surface area (TPSA) is 79.0 Å². The van der Waals surface area contributed by atoms with Crippen LogP contribution in [0.25, 0.3) is 0 Å². The first-order valence-corrected chi connectivity index (χ1v) is 10.4. The van der Waals surface area contributed by atoms with Gasteiger partial charge in [-0.2, -0.15) is 0 Å². The number of rotatable bonds is 7. The summed E-state index contributed by atoms with van der Waals surface area (Å²) in [6.07, 6.45) is 2.04. The van der Waals surface area contributed by atoms with Gasteiger partial charge in [-0.15, -0.1) is 12.4 Å². The van der Waals surface area contributed by atoms with Crippen LogP contribution in [0, 0.1) is 5.92 Å². The first kappa shape index (κ1) is 26.9. The number of benzene rings is 2. The van der Waals surface area contributed by atoms with E-state index in [9.17, 15) is 5.11 Å². The number of primary amides is 1. The van der Waals surface area contributed by atoms with E-state index >= 15 is 0 Å². The monoisotopic (exact) mass is 449 g/mol. The number of amides is 1. The van der Waals surface area contributed by atoms with Crippen LogP contribution in [0.3, 0.4) is 0 Å². The zero-order valence-corrected chi connectivity index (χ0v) is 19.6. The minimum atomic E-state index is -0.748. The lowest BCUT2D eigenvalue weighted by atomic mass is 9.75. The molecule has 2 atom stereocenters. The van der Waals surface area contributed by atoms with Gasteiger partial charge < -0.3 is 25.4 Å². The molecule has 0 spiro atoms. The first-order chi connectivity index (χ1) is 14.4. The van der Waals surface area contributed by atoms with Gasteiger partial charge >= 0.3 is 0 Å². The summed E-state index contributed by atoms with van der Waals surface area (Å²) in [5.41, 5.74) is 5.79. The van der Waals surface area contributed by atoms with Crippen molar-refractivity contribution < 1.29 is 14.6 Å². The Morgan fingerprint density at radius 3 is 2.35 bits per heavy atom. The second kappa shape index (κ2) is 13.3. The van der Waals surface area contributed by atoms with E-state index in [0.717, 1.165) is 50.3 Å². The summed E-state index contributed by atoms with van der Waals surface area (Å²) in [7, 11) is 5.87. The molecule has 7 heteroatoms. The average molecular weight is 450 g/mol. The van der Waals surface area contributed by atoms with Gasteiger partial charge in [-0.3, -0.25) is 4.79 Å². The number of carbonyl (C=O) groups excluding carboxylic acids is 1. The first-order valence-electron chi connectivity index (χ1n) is 10.4. The fraction of sp³-hybridized carbons (Fsp3) is 0.458. The zero-order valence-electron chi connectivity index (χ0n) is 18.7. The second-order valence-corrected chi connectivity index (χ2v) is 8.03. The number of methoxy groups -OCH3 is 1. The number of likely N-dealkylation sites (tertiary alicyclic amines) is 1. The molecule has 0 aromatic heterocycles. The molecule has 0 aliphatic carbocycles. The van der Waals surface area contributed by atoms with E-state index in [1.54, 1.807) is 7.11 Å². The van der Waals surface area contributed by atoms with Gasteiger partial charge in [-0.1, -0.05) is 42.5 Å². The molecule has 1 saturated heterocycles. The molecule has 1 aliphatic rings. The van der Waals surface area contributed by atoms with Crippen molar-refractivity contribution in [1.29, 1.82) is 0 Å². The minimum Gasteiger partial charge on any atom is -0.497 e. The molecule has 2 unspecified atom stereocenters. The number of piperidine rings is 1. The van der Waals surface area contributed by atoms with Crippen LogP contribution >= 0.6 is 12.4 Å². The molecule has 6 nitrogen and oxygen atoms in total. The molecule has 0 saturated carbocycles. The summed E-state index contributed by atoms with van der Waals surface area (Å²) in [4.78, 5) is 13.3. The summed E-state index contributed by atoms with van der Waals surface area (Å²) in [5, 5.41) is 11.5. The van der Waals surface area contributed by atoms with Crippen LogP contribution in [0.5, 0.6) is 5.75 Å². The standard InChI is InChI=1S/C23H32N2O2.CH3NO.ClH/c1-24(2)17-21-18-25(15-13-19-9-11-22(27-3)12-10-19)16-14-23(21,26)20-7-5-4-6-8-20;2-1-3;/h4-12,21,26H,13-18H2,1-3H3;1H,(H2,2,3);1H. The summed E-state index contributed by atoms with van der Waals surface area (Å²) >= 11 is 0. The molecule has 0 bridgehead atoms. The predicted octanol–water partition coefficient (Wildman–Crippen LogP) is 2.53. The van der Waals surface area contributed by atoms with Crippen LogP contribution in [0.2, 0.25) is 0 Å². The number of ether oxygens (including phenoxy) is 1. The van der Waals surface area contributed by atoms with Gasteiger partial charge in [0.25, 0.3) is 0 Å². The number of hydrogen-bond acceptors (Lipinski definition) is 5. The van der Waals surface area contributed by atoms with Gasteiger partial charge in [0.15, 0.2) is 0 Å². The van der Waals surface area contributed by atoms with Gasteiger partial charge in [0.2, 0.25) is 6.41 Å². The molecule has 1 heterocycles. The van der Waals surface area contributed by atoms with E-state index in [-0.39, 0.29) is 24.7 Å². The van der Waals surface area contributed by atoms with Crippen molar-refractivity contribution in [2.45, 2.75) is 18.4 Å². The van der Waals surface area contributed by atoms with E-state index in [4.69, 9.17) is 9.53 Å². The highest BCUT2D eigenvalue weighted by atomic mass is 35.5. The number of hydrogen-bond donors (Lipinski definition) is 2. The van der Waals surface area contributed by atoms with Crippen molar-refractivity contribution in [1.82, 2.24) is 9.80 Å². The Morgan fingerprint density at radius 2 is 1.81 bits per heavy atom. The summed E-state index contributed by atoms with van der Waals surface area (Å²) in [6.45, 7) is 3.73. The number of aliphatic hydroxyl groups is 1. The minimum absolute atomic E-state index is 0. The third-order valence-electron chi connectivity index (χ3n) is 5.70. The number of nitrogens with two attached hydrogens (primary N) is 1. The molecule has 31 heavy (non-hydrogen) atoms. The molecule has 2 aromatic rings. The van der Waals surface area contributed by atoms with E-state index < -0.39 is 5.60 Å². The van der Waals surface area contributed by atoms with E-state index in [1.807, 2.05) is 30.3 Å². The maximum absolute atomic E-state index is 11.5.